The van der Waals surface area contributed by atoms with Gasteiger partial charge in [0.1, 0.15) is 0 Å². The summed E-state index contributed by atoms with van der Waals surface area (Å²) < 4.78 is 0. The molecule has 0 fully saturated rings. The Kier molecular flexibility index (Phi) is 5.89. The van der Waals surface area contributed by atoms with E-state index in [1.165, 1.54) is 5.56 Å². The van der Waals surface area contributed by atoms with Gasteiger partial charge in [-0.15, -0.1) is 10.2 Å². The average Bonchev–Trinajstić information content (AvgIpc) is 2.69. The Balaban J connectivity index is 1.73. The number of aryl methyl sites for hydroxylation is 1. The minimum Gasteiger partial charge on any atom is -0.378 e. The molecule has 0 aliphatic rings. The van der Waals surface area contributed by atoms with Crippen molar-refractivity contribution in [3.63, 3.8) is 0 Å². The molecule has 0 aliphatic carbocycles. The molecule has 0 bridgehead atoms. The van der Waals surface area contributed by atoms with Crippen molar-refractivity contribution in [1.29, 1.82) is 0 Å². The summed E-state index contributed by atoms with van der Waals surface area (Å²) in [5.74, 6) is 0.426. The first-order valence-electron chi connectivity index (χ1n) is 9.24. The van der Waals surface area contributed by atoms with Gasteiger partial charge in [-0.3, -0.25) is 4.79 Å². The van der Waals surface area contributed by atoms with Crippen LogP contribution in [0.4, 0.5) is 22.9 Å². The number of benzene rings is 2. The van der Waals surface area contributed by atoms with Gasteiger partial charge in [0.05, 0.1) is 0 Å². The molecule has 1 N–H and O–H groups in total. The van der Waals surface area contributed by atoms with Crippen LogP contribution in [-0.2, 0) is 0 Å². The number of carbonyl (C=O) groups excluding carboxylic acids is 1. The average molecular weight is 375 g/mol. The van der Waals surface area contributed by atoms with Crippen molar-refractivity contribution in [2.24, 2.45) is 0 Å². The summed E-state index contributed by atoms with van der Waals surface area (Å²) in [6, 6.07) is 19.4. The Morgan fingerprint density at radius 1 is 0.964 bits per heavy atom. The van der Waals surface area contributed by atoms with Crippen LogP contribution in [0.15, 0.2) is 60.7 Å². The van der Waals surface area contributed by atoms with Crippen LogP contribution in [0.3, 0.4) is 0 Å². The summed E-state index contributed by atoms with van der Waals surface area (Å²) >= 11 is 0. The monoisotopic (exact) mass is 375 g/mol. The normalized spacial score (nSPS) is 10.4. The van der Waals surface area contributed by atoms with E-state index in [1.807, 2.05) is 61.5 Å². The van der Waals surface area contributed by atoms with Gasteiger partial charge in [0.25, 0.3) is 5.91 Å². The van der Waals surface area contributed by atoms with Gasteiger partial charge in [0, 0.05) is 37.7 Å². The van der Waals surface area contributed by atoms with Crippen molar-refractivity contribution < 1.29 is 4.79 Å². The zero-order valence-corrected chi connectivity index (χ0v) is 16.7. The molecule has 1 aromatic heterocycles. The number of nitrogens with zero attached hydrogens (tertiary/aromatic N) is 4. The van der Waals surface area contributed by atoms with E-state index in [9.17, 15) is 4.79 Å². The van der Waals surface area contributed by atoms with Crippen LogP contribution in [0.2, 0.25) is 0 Å². The number of carbonyl (C=O) groups is 1. The highest BCUT2D eigenvalue weighted by atomic mass is 16.1. The molecular weight excluding hydrogens is 350 g/mol. The number of hydrogen-bond donors (Lipinski definition) is 1. The predicted octanol–water partition coefficient (Wildman–Crippen LogP) is 4.26. The van der Waals surface area contributed by atoms with E-state index in [4.69, 9.17) is 0 Å². The molecule has 6 heteroatoms. The lowest BCUT2D eigenvalue weighted by Gasteiger charge is -2.22. The topological polar surface area (TPSA) is 61.4 Å². The van der Waals surface area contributed by atoms with Gasteiger partial charge >= 0.3 is 0 Å². The Morgan fingerprint density at radius 2 is 1.71 bits per heavy atom. The van der Waals surface area contributed by atoms with Gasteiger partial charge in [-0.2, -0.15) is 0 Å². The molecule has 2 aromatic carbocycles. The molecular formula is C22H25N5O. The first-order chi connectivity index (χ1) is 13.5. The number of aromatic nitrogens is 2. The molecule has 3 aromatic rings. The molecule has 144 valence electrons. The van der Waals surface area contributed by atoms with Gasteiger partial charge in [-0.05, 0) is 67.9 Å². The molecule has 0 aliphatic heterocycles. The fourth-order valence-electron chi connectivity index (χ4n) is 2.90. The van der Waals surface area contributed by atoms with Crippen LogP contribution >= 0.6 is 0 Å². The van der Waals surface area contributed by atoms with Gasteiger partial charge in [-0.1, -0.05) is 12.1 Å². The smallest absolute Gasteiger partial charge is 0.276 e. The minimum atomic E-state index is -0.282. The lowest BCUT2D eigenvalue weighted by Crippen LogP contribution is -2.20. The molecule has 1 heterocycles. The number of rotatable bonds is 6. The summed E-state index contributed by atoms with van der Waals surface area (Å²) in [5, 5.41) is 11.2. The molecule has 0 unspecified atom stereocenters. The zero-order chi connectivity index (χ0) is 20.1. The van der Waals surface area contributed by atoms with Crippen LogP contribution in [-0.4, -0.2) is 36.7 Å². The fourth-order valence-corrected chi connectivity index (χ4v) is 2.90. The number of hydrogen-bond acceptors (Lipinski definition) is 5. The first kappa shape index (κ1) is 19.4. The second kappa shape index (κ2) is 8.52. The van der Waals surface area contributed by atoms with Crippen LogP contribution < -0.4 is 15.1 Å². The molecule has 0 radical (unpaired) electrons. The number of anilines is 4. The molecule has 3 rings (SSSR count). The number of amides is 1. The van der Waals surface area contributed by atoms with E-state index >= 15 is 0 Å². The second-order valence-corrected chi connectivity index (χ2v) is 6.76. The van der Waals surface area contributed by atoms with Gasteiger partial charge in [-0.25, -0.2) is 0 Å². The molecule has 1 amide bonds. The van der Waals surface area contributed by atoms with Crippen molar-refractivity contribution >= 4 is 28.8 Å². The van der Waals surface area contributed by atoms with Gasteiger partial charge in [0.15, 0.2) is 11.5 Å². The Morgan fingerprint density at radius 3 is 2.29 bits per heavy atom. The Hall–Kier alpha value is -3.41. The third-order valence-corrected chi connectivity index (χ3v) is 4.43. The van der Waals surface area contributed by atoms with Crippen molar-refractivity contribution in [3.8, 4) is 0 Å². The first-order valence-corrected chi connectivity index (χ1v) is 9.24. The standard InChI is InChI=1S/C22H25N5O/c1-5-27(19-8-6-7-16(2)15-19)21-14-13-20(24-25-21)22(28)23-17-9-11-18(12-10-17)26(3)4/h6-15H,5H2,1-4H3,(H,23,28). The molecule has 6 nitrogen and oxygen atoms in total. The second-order valence-electron chi connectivity index (χ2n) is 6.76. The highest BCUT2D eigenvalue weighted by Crippen LogP contribution is 2.23. The summed E-state index contributed by atoms with van der Waals surface area (Å²) in [4.78, 5) is 16.5. The van der Waals surface area contributed by atoms with E-state index in [0.29, 0.717) is 5.82 Å². The van der Waals surface area contributed by atoms with E-state index in [-0.39, 0.29) is 11.6 Å². The van der Waals surface area contributed by atoms with E-state index < -0.39 is 0 Å². The predicted molar refractivity (Wildman–Crippen MR) is 115 cm³/mol. The Bertz CT molecular complexity index is 936. The van der Waals surface area contributed by atoms with Crippen LogP contribution in [0.1, 0.15) is 23.0 Å². The van der Waals surface area contributed by atoms with Crippen molar-refractivity contribution in [3.05, 3.63) is 71.9 Å². The van der Waals surface area contributed by atoms with Crippen molar-refractivity contribution in [1.82, 2.24) is 10.2 Å². The zero-order valence-electron chi connectivity index (χ0n) is 16.7. The van der Waals surface area contributed by atoms with Crippen molar-refractivity contribution in [2.45, 2.75) is 13.8 Å². The maximum atomic E-state index is 12.5. The molecule has 0 saturated heterocycles. The lowest BCUT2D eigenvalue weighted by molar-refractivity contribution is 0.102. The van der Waals surface area contributed by atoms with Crippen LogP contribution in [0, 0.1) is 6.92 Å². The third-order valence-electron chi connectivity index (χ3n) is 4.43. The molecule has 0 saturated carbocycles. The molecule has 0 atom stereocenters. The Labute approximate surface area is 165 Å². The quantitative estimate of drug-likeness (QED) is 0.697. The summed E-state index contributed by atoms with van der Waals surface area (Å²) in [5.41, 5.74) is 4.30. The van der Waals surface area contributed by atoms with E-state index in [1.54, 1.807) is 6.07 Å². The fraction of sp³-hybridized carbons (Fsp3) is 0.227. The minimum absolute atomic E-state index is 0.278. The number of nitrogens with one attached hydrogen (secondary N) is 1. The summed E-state index contributed by atoms with van der Waals surface area (Å²) in [6.07, 6.45) is 0. The summed E-state index contributed by atoms with van der Waals surface area (Å²) in [7, 11) is 3.95. The lowest BCUT2D eigenvalue weighted by atomic mass is 10.2. The van der Waals surface area contributed by atoms with Crippen LogP contribution in [0.25, 0.3) is 0 Å². The highest BCUT2D eigenvalue weighted by Gasteiger charge is 2.13. The molecule has 0 spiro atoms. The SMILES string of the molecule is CCN(c1cccc(C)c1)c1ccc(C(=O)Nc2ccc(N(C)C)cc2)nn1. The van der Waals surface area contributed by atoms with Crippen molar-refractivity contribution in [2.75, 3.05) is 35.8 Å². The molecule has 28 heavy (non-hydrogen) atoms. The van der Waals surface area contributed by atoms with E-state index in [0.717, 1.165) is 23.6 Å². The highest BCUT2D eigenvalue weighted by molar-refractivity contribution is 6.02. The summed E-state index contributed by atoms with van der Waals surface area (Å²) in [6.45, 7) is 4.87. The van der Waals surface area contributed by atoms with E-state index in [2.05, 4.69) is 46.4 Å². The largest absolute Gasteiger partial charge is 0.378 e. The maximum absolute atomic E-state index is 12.5. The van der Waals surface area contributed by atoms with Gasteiger partial charge < -0.3 is 15.1 Å². The maximum Gasteiger partial charge on any atom is 0.276 e. The van der Waals surface area contributed by atoms with Crippen LogP contribution in [0.5, 0.6) is 0 Å². The van der Waals surface area contributed by atoms with Gasteiger partial charge in [0.2, 0.25) is 0 Å². The third kappa shape index (κ3) is 4.46.